The van der Waals surface area contributed by atoms with Gasteiger partial charge in [-0.2, -0.15) is 0 Å². The Labute approximate surface area is 195 Å². The van der Waals surface area contributed by atoms with E-state index in [0.717, 1.165) is 34.6 Å². The second kappa shape index (κ2) is 13.0. The first-order valence-corrected chi connectivity index (χ1v) is 11.1. The minimum absolute atomic E-state index is 0.316. The van der Waals surface area contributed by atoms with E-state index in [-0.39, 0.29) is 5.91 Å². The second-order valence-corrected chi connectivity index (χ2v) is 8.37. The second-order valence-electron chi connectivity index (χ2n) is 7.15. The van der Waals surface area contributed by atoms with Crippen molar-refractivity contribution in [1.29, 1.82) is 0 Å². The summed E-state index contributed by atoms with van der Waals surface area (Å²) in [5.41, 5.74) is 0. The summed E-state index contributed by atoms with van der Waals surface area (Å²) in [4.78, 5) is 72.5. The number of amides is 1. The number of hydrogen-bond acceptors (Lipinski definition) is 12. The topological polar surface area (TPSA) is 152 Å². The first-order valence-electron chi connectivity index (χ1n) is 10.0. The van der Waals surface area contributed by atoms with Crippen molar-refractivity contribution in [3.05, 3.63) is 0 Å². The minimum Gasteiger partial charge on any atom is -0.462 e. The smallest absolute Gasteiger partial charge is 0.303 e. The van der Waals surface area contributed by atoms with Gasteiger partial charge in [-0.05, 0) is 0 Å². The molecule has 0 aromatic carbocycles. The van der Waals surface area contributed by atoms with Gasteiger partial charge in [-0.15, -0.1) is 11.8 Å². The minimum atomic E-state index is -1.53. The predicted molar refractivity (Wildman–Crippen MR) is 112 cm³/mol. The summed E-state index contributed by atoms with van der Waals surface area (Å²) in [7, 11) is 0. The maximum absolute atomic E-state index is 12.1. The van der Waals surface area contributed by atoms with Gasteiger partial charge in [-0.1, -0.05) is 0 Å². The summed E-state index contributed by atoms with van der Waals surface area (Å²) >= 11 is 1.27. The number of rotatable bonds is 10. The van der Waals surface area contributed by atoms with E-state index in [2.05, 4.69) is 0 Å². The van der Waals surface area contributed by atoms with Crippen LogP contribution in [0.5, 0.6) is 0 Å². The molecule has 33 heavy (non-hydrogen) atoms. The molecule has 1 aliphatic heterocycles. The van der Waals surface area contributed by atoms with E-state index in [1.165, 1.54) is 23.6 Å². The number of carbonyl (C=O) groups is 6. The number of carbonyl (C=O) groups excluding carboxylic acids is 6. The average molecular weight is 492 g/mol. The van der Waals surface area contributed by atoms with Gasteiger partial charge in [0.1, 0.15) is 12.0 Å². The highest BCUT2D eigenvalue weighted by molar-refractivity contribution is 8.00. The number of nitrogens with zero attached hydrogens (tertiary/aromatic N) is 1. The monoisotopic (exact) mass is 491 g/mol. The first kappa shape index (κ1) is 28.2. The molecular weight excluding hydrogens is 462 g/mol. The van der Waals surface area contributed by atoms with Crippen LogP contribution in [0.1, 0.15) is 41.5 Å². The van der Waals surface area contributed by atoms with E-state index in [4.69, 9.17) is 23.7 Å². The molecule has 0 unspecified atom stereocenters. The fraction of sp³-hybridized carbons (Fsp3) is 0.700. The maximum Gasteiger partial charge on any atom is 0.303 e. The lowest BCUT2D eigenvalue weighted by atomic mass is 10.0. The molecule has 0 saturated carbocycles. The molecule has 0 radical (unpaired) electrons. The van der Waals surface area contributed by atoms with E-state index < -0.39 is 66.2 Å². The molecule has 0 aromatic heterocycles. The molecule has 12 nitrogen and oxygen atoms in total. The van der Waals surface area contributed by atoms with E-state index >= 15 is 0 Å². The number of esters is 5. The van der Waals surface area contributed by atoms with Crippen LogP contribution in [0.2, 0.25) is 0 Å². The van der Waals surface area contributed by atoms with Crippen LogP contribution in [0.15, 0.2) is 0 Å². The SMILES string of the molecule is CC(=O)OC[C@@H](OC(C)=O)[C@H](OC(C)=O)[C@H](OC(C)=O)[C@@H](OC(C)=O)[C@@H]1SCCN1C(C)=O. The largest absolute Gasteiger partial charge is 0.462 e. The first-order chi connectivity index (χ1) is 15.3. The summed E-state index contributed by atoms with van der Waals surface area (Å²) in [5.74, 6) is -3.71. The van der Waals surface area contributed by atoms with Crippen LogP contribution < -0.4 is 0 Å². The van der Waals surface area contributed by atoms with Crippen molar-refractivity contribution in [1.82, 2.24) is 4.90 Å². The summed E-state index contributed by atoms with van der Waals surface area (Å²) in [5, 5.41) is -0.791. The van der Waals surface area contributed by atoms with E-state index in [0.29, 0.717) is 12.3 Å². The predicted octanol–water partition coefficient (Wildman–Crippen LogP) is 0.198. The van der Waals surface area contributed by atoms with Crippen LogP contribution >= 0.6 is 11.8 Å². The van der Waals surface area contributed by atoms with Crippen molar-refractivity contribution in [2.24, 2.45) is 0 Å². The van der Waals surface area contributed by atoms with Crippen molar-refractivity contribution < 1.29 is 52.5 Å². The van der Waals surface area contributed by atoms with Gasteiger partial charge < -0.3 is 28.6 Å². The molecule has 1 fully saturated rings. The summed E-state index contributed by atoms with van der Waals surface area (Å²) in [6.45, 7) is 6.62. The highest BCUT2D eigenvalue weighted by atomic mass is 32.2. The molecule has 1 aliphatic rings. The van der Waals surface area contributed by atoms with Crippen LogP contribution in [0.4, 0.5) is 0 Å². The number of ether oxygens (including phenoxy) is 5. The Bertz CT molecular complexity index is 771. The van der Waals surface area contributed by atoms with Crippen molar-refractivity contribution >= 4 is 47.5 Å². The van der Waals surface area contributed by atoms with Crippen molar-refractivity contribution in [2.45, 2.75) is 71.3 Å². The van der Waals surface area contributed by atoms with Crippen LogP contribution in [0, 0.1) is 0 Å². The maximum atomic E-state index is 12.1. The fourth-order valence-corrected chi connectivity index (χ4v) is 4.62. The third kappa shape index (κ3) is 9.28. The quantitative estimate of drug-likeness (QED) is 0.303. The summed E-state index contributed by atoms with van der Waals surface area (Å²) in [6, 6.07) is 0. The standard InChI is InChI=1S/C20H29NO11S/c1-10(22)21-7-8-33-20(21)19(32-15(6)27)18(31-14(5)26)17(30-13(4)25)16(29-12(3)24)9-28-11(2)23/h16-20H,7-9H2,1-6H3/t16-,17+,18+,19-,20+/m1/s1. The molecule has 1 heterocycles. The fourth-order valence-electron chi connectivity index (χ4n) is 3.24. The molecule has 13 heteroatoms. The summed E-state index contributed by atoms with van der Waals surface area (Å²) < 4.78 is 26.3. The van der Waals surface area contributed by atoms with Crippen molar-refractivity contribution in [3.8, 4) is 0 Å². The van der Waals surface area contributed by atoms with Gasteiger partial charge in [-0.3, -0.25) is 28.8 Å². The van der Waals surface area contributed by atoms with Gasteiger partial charge in [0.15, 0.2) is 24.4 Å². The van der Waals surface area contributed by atoms with Gasteiger partial charge in [0, 0.05) is 53.8 Å². The Morgan fingerprint density at radius 1 is 0.758 bits per heavy atom. The molecule has 1 amide bonds. The van der Waals surface area contributed by atoms with Crippen LogP contribution in [-0.2, 0) is 52.5 Å². The average Bonchev–Trinajstić information content (AvgIpc) is 3.15. The third-order valence-electron chi connectivity index (χ3n) is 4.30. The highest BCUT2D eigenvalue weighted by Gasteiger charge is 2.49. The molecule has 0 bridgehead atoms. The molecule has 0 N–H and O–H groups in total. The third-order valence-corrected chi connectivity index (χ3v) is 5.58. The lowest BCUT2D eigenvalue weighted by Gasteiger charge is -2.39. The lowest BCUT2D eigenvalue weighted by Crippen LogP contribution is -2.58. The summed E-state index contributed by atoms with van der Waals surface area (Å²) in [6.07, 6.45) is -5.75. The van der Waals surface area contributed by atoms with Crippen LogP contribution in [0.25, 0.3) is 0 Å². The van der Waals surface area contributed by atoms with Crippen molar-refractivity contribution in [3.63, 3.8) is 0 Å². The van der Waals surface area contributed by atoms with E-state index in [9.17, 15) is 28.8 Å². The zero-order valence-electron chi connectivity index (χ0n) is 19.4. The Balaban J connectivity index is 3.55. The molecule has 0 spiro atoms. The number of thioether (sulfide) groups is 1. The molecule has 1 saturated heterocycles. The van der Waals surface area contributed by atoms with E-state index in [1.54, 1.807) is 0 Å². The lowest BCUT2D eigenvalue weighted by molar-refractivity contribution is -0.204. The van der Waals surface area contributed by atoms with Crippen LogP contribution in [-0.4, -0.2) is 89.3 Å². The van der Waals surface area contributed by atoms with Gasteiger partial charge in [0.25, 0.3) is 0 Å². The van der Waals surface area contributed by atoms with Crippen molar-refractivity contribution in [2.75, 3.05) is 18.9 Å². The Morgan fingerprint density at radius 3 is 1.73 bits per heavy atom. The zero-order chi connectivity index (χ0) is 25.3. The number of hydrogen-bond donors (Lipinski definition) is 0. The normalized spacial score (nSPS) is 18.8. The molecule has 0 aromatic rings. The Morgan fingerprint density at radius 2 is 1.27 bits per heavy atom. The van der Waals surface area contributed by atoms with Gasteiger partial charge in [0.05, 0.1) is 0 Å². The van der Waals surface area contributed by atoms with Gasteiger partial charge in [0.2, 0.25) is 5.91 Å². The van der Waals surface area contributed by atoms with Crippen LogP contribution in [0.3, 0.4) is 0 Å². The molecule has 0 aliphatic carbocycles. The Kier molecular flexibility index (Phi) is 11.1. The molecule has 186 valence electrons. The molecule has 1 rings (SSSR count). The van der Waals surface area contributed by atoms with Gasteiger partial charge >= 0.3 is 29.8 Å². The van der Waals surface area contributed by atoms with E-state index in [1.807, 2.05) is 0 Å². The highest BCUT2D eigenvalue weighted by Crippen LogP contribution is 2.33. The zero-order valence-corrected chi connectivity index (χ0v) is 20.2. The Hall–Kier alpha value is -2.83. The van der Waals surface area contributed by atoms with Gasteiger partial charge in [-0.25, -0.2) is 0 Å². The molecule has 5 atom stereocenters. The molecular formula is C20H29NO11S.